The monoisotopic (exact) mass is 223 g/mol. The normalized spacial score (nSPS) is 10.9. The fourth-order valence-electron chi connectivity index (χ4n) is 2.11. The van der Waals surface area contributed by atoms with Crippen molar-refractivity contribution in [3.05, 3.63) is 60.4 Å². The van der Waals surface area contributed by atoms with Gasteiger partial charge < -0.3 is 10.2 Å². The molecule has 0 radical (unpaired) electrons. The second kappa shape index (κ2) is 4.07. The Morgan fingerprint density at radius 3 is 2.53 bits per heavy atom. The highest BCUT2D eigenvalue weighted by molar-refractivity contribution is 5.94. The van der Waals surface area contributed by atoms with Crippen LogP contribution in [0.3, 0.4) is 0 Å². The van der Waals surface area contributed by atoms with Crippen LogP contribution in [-0.4, -0.2) is 0 Å². The Hall–Kier alpha value is -2.06. The third kappa shape index (κ3) is 1.63. The number of hydrogen-bond donors (Lipinski definition) is 1. The molecular formula is C15H13NO. The summed E-state index contributed by atoms with van der Waals surface area (Å²) in [6.45, 7) is 0.505. The van der Waals surface area contributed by atoms with Gasteiger partial charge in [-0.2, -0.15) is 0 Å². The van der Waals surface area contributed by atoms with Crippen LogP contribution in [-0.2, 0) is 6.54 Å². The second-order valence-electron chi connectivity index (χ2n) is 4.01. The molecule has 0 aliphatic rings. The van der Waals surface area contributed by atoms with E-state index in [0.29, 0.717) is 6.54 Å². The number of fused-ring (bicyclic) bond motifs is 1. The van der Waals surface area contributed by atoms with Crippen molar-refractivity contribution >= 4 is 11.0 Å². The zero-order valence-electron chi connectivity index (χ0n) is 9.39. The van der Waals surface area contributed by atoms with E-state index in [4.69, 9.17) is 10.2 Å². The highest BCUT2D eigenvalue weighted by atomic mass is 16.3. The van der Waals surface area contributed by atoms with Crippen molar-refractivity contribution in [2.75, 3.05) is 0 Å². The summed E-state index contributed by atoms with van der Waals surface area (Å²) in [5.41, 5.74) is 9.94. The zero-order chi connectivity index (χ0) is 11.7. The molecule has 0 fully saturated rings. The summed E-state index contributed by atoms with van der Waals surface area (Å²) >= 11 is 0. The fraction of sp³-hybridized carbons (Fsp3) is 0.0667. The third-order valence-electron chi connectivity index (χ3n) is 2.98. The minimum absolute atomic E-state index is 0.505. The van der Waals surface area contributed by atoms with E-state index in [2.05, 4.69) is 18.2 Å². The second-order valence-corrected chi connectivity index (χ2v) is 4.01. The molecule has 0 atom stereocenters. The van der Waals surface area contributed by atoms with E-state index < -0.39 is 0 Å². The number of para-hydroxylation sites is 1. The van der Waals surface area contributed by atoms with Gasteiger partial charge in [-0.3, -0.25) is 0 Å². The summed E-state index contributed by atoms with van der Waals surface area (Å²) in [7, 11) is 0. The molecule has 0 unspecified atom stereocenters. The SMILES string of the molecule is NCc1coc2c(-c3ccccc3)cccc12. The van der Waals surface area contributed by atoms with Gasteiger partial charge in [0.1, 0.15) is 5.58 Å². The van der Waals surface area contributed by atoms with Gasteiger partial charge in [0, 0.05) is 23.1 Å². The van der Waals surface area contributed by atoms with Gasteiger partial charge in [-0.1, -0.05) is 48.5 Å². The average Bonchev–Trinajstić information content (AvgIpc) is 2.82. The molecule has 17 heavy (non-hydrogen) atoms. The van der Waals surface area contributed by atoms with E-state index in [1.165, 1.54) is 0 Å². The largest absolute Gasteiger partial charge is 0.463 e. The molecule has 1 aromatic heterocycles. The molecule has 3 rings (SSSR count). The Morgan fingerprint density at radius 2 is 1.76 bits per heavy atom. The van der Waals surface area contributed by atoms with Gasteiger partial charge in [0.05, 0.1) is 6.26 Å². The molecule has 0 aliphatic heterocycles. The van der Waals surface area contributed by atoms with Crippen molar-refractivity contribution in [3.8, 4) is 11.1 Å². The maximum atomic E-state index is 5.69. The average molecular weight is 223 g/mol. The first kappa shape index (κ1) is 10.1. The standard InChI is InChI=1S/C15H13NO/c16-9-12-10-17-15-13(7-4-8-14(12)15)11-5-2-1-3-6-11/h1-8,10H,9,16H2. The van der Waals surface area contributed by atoms with E-state index in [0.717, 1.165) is 27.7 Å². The number of furan rings is 1. The molecule has 0 saturated heterocycles. The van der Waals surface area contributed by atoms with Crippen molar-refractivity contribution in [2.24, 2.45) is 5.73 Å². The summed E-state index contributed by atoms with van der Waals surface area (Å²) in [5, 5.41) is 1.11. The van der Waals surface area contributed by atoms with E-state index >= 15 is 0 Å². The maximum Gasteiger partial charge on any atom is 0.142 e. The Balaban J connectivity index is 2.28. The van der Waals surface area contributed by atoms with Crippen molar-refractivity contribution in [2.45, 2.75) is 6.54 Å². The van der Waals surface area contributed by atoms with Gasteiger partial charge in [0.15, 0.2) is 0 Å². The number of hydrogen-bond acceptors (Lipinski definition) is 2. The van der Waals surface area contributed by atoms with Gasteiger partial charge in [-0.25, -0.2) is 0 Å². The molecule has 0 saturated carbocycles. The molecule has 0 aliphatic carbocycles. The predicted octanol–water partition coefficient (Wildman–Crippen LogP) is 3.56. The Morgan fingerprint density at radius 1 is 0.941 bits per heavy atom. The number of nitrogens with two attached hydrogens (primary N) is 1. The van der Waals surface area contributed by atoms with Crippen LogP contribution < -0.4 is 5.73 Å². The molecule has 0 spiro atoms. The fourth-order valence-corrected chi connectivity index (χ4v) is 2.11. The van der Waals surface area contributed by atoms with Crippen LogP contribution in [0.2, 0.25) is 0 Å². The van der Waals surface area contributed by atoms with Crippen LogP contribution in [0.25, 0.3) is 22.1 Å². The van der Waals surface area contributed by atoms with Crippen molar-refractivity contribution in [3.63, 3.8) is 0 Å². The van der Waals surface area contributed by atoms with E-state index in [1.54, 1.807) is 6.26 Å². The molecule has 0 bridgehead atoms. The first-order chi connectivity index (χ1) is 8.40. The molecule has 1 heterocycles. The van der Waals surface area contributed by atoms with Crippen LogP contribution in [0.1, 0.15) is 5.56 Å². The molecule has 2 aromatic carbocycles. The Bertz CT molecular complexity index is 640. The first-order valence-electron chi connectivity index (χ1n) is 5.65. The highest BCUT2D eigenvalue weighted by Crippen LogP contribution is 2.31. The number of benzene rings is 2. The van der Waals surface area contributed by atoms with Gasteiger partial charge in [0.2, 0.25) is 0 Å². The molecule has 0 amide bonds. The van der Waals surface area contributed by atoms with Gasteiger partial charge in [-0.15, -0.1) is 0 Å². The lowest BCUT2D eigenvalue weighted by molar-refractivity contribution is 0.611. The quantitative estimate of drug-likeness (QED) is 0.721. The lowest BCUT2D eigenvalue weighted by Gasteiger charge is -2.02. The van der Waals surface area contributed by atoms with Gasteiger partial charge in [-0.05, 0) is 5.56 Å². The maximum absolute atomic E-state index is 5.69. The molecule has 2 heteroatoms. The van der Waals surface area contributed by atoms with E-state index in [1.807, 2.05) is 30.3 Å². The van der Waals surface area contributed by atoms with Gasteiger partial charge in [0.25, 0.3) is 0 Å². The van der Waals surface area contributed by atoms with E-state index in [-0.39, 0.29) is 0 Å². The predicted molar refractivity (Wildman–Crippen MR) is 69.5 cm³/mol. The highest BCUT2D eigenvalue weighted by Gasteiger charge is 2.09. The van der Waals surface area contributed by atoms with Crippen LogP contribution in [0.5, 0.6) is 0 Å². The van der Waals surface area contributed by atoms with Crippen molar-refractivity contribution in [1.29, 1.82) is 0 Å². The van der Waals surface area contributed by atoms with Crippen LogP contribution in [0, 0.1) is 0 Å². The summed E-state index contributed by atoms with van der Waals surface area (Å²) in [5.74, 6) is 0. The summed E-state index contributed by atoms with van der Waals surface area (Å²) in [6, 6.07) is 16.4. The van der Waals surface area contributed by atoms with Crippen molar-refractivity contribution < 1.29 is 4.42 Å². The smallest absolute Gasteiger partial charge is 0.142 e. The molecular weight excluding hydrogens is 210 g/mol. The molecule has 84 valence electrons. The van der Waals surface area contributed by atoms with Crippen LogP contribution in [0.4, 0.5) is 0 Å². The minimum Gasteiger partial charge on any atom is -0.463 e. The van der Waals surface area contributed by atoms with Crippen LogP contribution in [0.15, 0.2) is 59.2 Å². The van der Waals surface area contributed by atoms with E-state index in [9.17, 15) is 0 Å². The van der Waals surface area contributed by atoms with Gasteiger partial charge >= 0.3 is 0 Å². The van der Waals surface area contributed by atoms with Crippen molar-refractivity contribution in [1.82, 2.24) is 0 Å². The Labute approximate surface area is 99.7 Å². The van der Waals surface area contributed by atoms with Crippen LogP contribution >= 0.6 is 0 Å². The summed E-state index contributed by atoms with van der Waals surface area (Å²) in [6.07, 6.45) is 1.75. The summed E-state index contributed by atoms with van der Waals surface area (Å²) in [4.78, 5) is 0. The topological polar surface area (TPSA) is 39.2 Å². The number of rotatable bonds is 2. The summed E-state index contributed by atoms with van der Waals surface area (Å²) < 4.78 is 5.65. The molecule has 2 N–H and O–H groups in total. The molecule has 2 nitrogen and oxygen atoms in total. The molecule has 3 aromatic rings. The first-order valence-corrected chi connectivity index (χ1v) is 5.65. The lowest BCUT2D eigenvalue weighted by atomic mass is 10.0. The lowest BCUT2D eigenvalue weighted by Crippen LogP contribution is -1.93. The Kier molecular flexibility index (Phi) is 2.42. The third-order valence-corrected chi connectivity index (χ3v) is 2.98. The zero-order valence-corrected chi connectivity index (χ0v) is 9.39. The minimum atomic E-state index is 0.505.